The van der Waals surface area contributed by atoms with Crippen molar-refractivity contribution in [3.63, 3.8) is 0 Å². The molecule has 0 aromatic heterocycles. The minimum atomic E-state index is -1.16. The number of hydrogen-bond donors (Lipinski definition) is 3. The van der Waals surface area contributed by atoms with Gasteiger partial charge in [0.05, 0.1) is 0 Å². The van der Waals surface area contributed by atoms with E-state index in [9.17, 15) is 14.4 Å². The molecular formula is C7H10N2O4. The van der Waals surface area contributed by atoms with Crippen LogP contribution in [0.3, 0.4) is 0 Å². The average molecular weight is 186 g/mol. The van der Waals surface area contributed by atoms with E-state index in [2.05, 4.69) is 5.32 Å². The Balaban J connectivity index is 2.50. The van der Waals surface area contributed by atoms with Crippen LogP contribution in [0.1, 0.15) is 12.8 Å². The predicted molar refractivity (Wildman–Crippen MR) is 41.5 cm³/mol. The third kappa shape index (κ3) is 2.25. The number of hydrogen-bond acceptors (Lipinski definition) is 4. The van der Waals surface area contributed by atoms with Gasteiger partial charge in [-0.3, -0.25) is 19.7 Å². The molecule has 0 saturated carbocycles. The van der Waals surface area contributed by atoms with Crippen molar-refractivity contribution in [3.05, 3.63) is 0 Å². The minimum Gasteiger partial charge on any atom is -0.480 e. The quantitative estimate of drug-likeness (QED) is 0.462. The lowest BCUT2D eigenvalue weighted by atomic mass is 9.99. The smallest absolute Gasteiger partial charge is 0.320 e. The van der Waals surface area contributed by atoms with E-state index in [0.29, 0.717) is 0 Å². The van der Waals surface area contributed by atoms with E-state index in [-0.39, 0.29) is 18.7 Å². The zero-order valence-corrected chi connectivity index (χ0v) is 6.82. The Bertz CT molecular complexity index is 263. The van der Waals surface area contributed by atoms with Crippen molar-refractivity contribution in [1.29, 1.82) is 0 Å². The number of carboxylic acid groups (broad SMARTS) is 1. The highest BCUT2D eigenvalue weighted by Gasteiger charge is 2.33. The highest BCUT2D eigenvalue weighted by atomic mass is 16.4. The Morgan fingerprint density at radius 1 is 1.69 bits per heavy atom. The largest absolute Gasteiger partial charge is 0.480 e. The minimum absolute atomic E-state index is 0.00685. The number of carbonyl (C=O) groups excluding carboxylic acids is 2. The van der Waals surface area contributed by atoms with E-state index in [4.69, 9.17) is 10.8 Å². The molecule has 0 radical (unpaired) electrons. The Morgan fingerprint density at radius 2 is 2.31 bits per heavy atom. The molecule has 1 rings (SSSR count). The summed E-state index contributed by atoms with van der Waals surface area (Å²) in [6, 6.07) is -1.08. The van der Waals surface area contributed by atoms with Gasteiger partial charge in [0, 0.05) is 12.3 Å². The molecule has 0 bridgehead atoms. The van der Waals surface area contributed by atoms with E-state index in [1.165, 1.54) is 0 Å². The van der Waals surface area contributed by atoms with E-state index < -0.39 is 23.8 Å². The monoisotopic (exact) mass is 186 g/mol. The maximum absolute atomic E-state index is 11.0. The third-order valence-electron chi connectivity index (χ3n) is 1.92. The van der Waals surface area contributed by atoms with Crippen LogP contribution in [0.15, 0.2) is 0 Å². The van der Waals surface area contributed by atoms with Crippen molar-refractivity contribution in [2.45, 2.75) is 18.9 Å². The average Bonchev–Trinajstić information content (AvgIpc) is 2.30. The fourth-order valence-corrected chi connectivity index (χ4v) is 1.20. The number of imide groups is 1. The molecule has 1 fully saturated rings. The van der Waals surface area contributed by atoms with Crippen LogP contribution in [0, 0.1) is 5.92 Å². The van der Waals surface area contributed by atoms with Gasteiger partial charge in [-0.1, -0.05) is 0 Å². The molecule has 0 aliphatic carbocycles. The van der Waals surface area contributed by atoms with Crippen molar-refractivity contribution in [2.24, 2.45) is 11.7 Å². The summed E-state index contributed by atoms with van der Waals surface area (Å²) in [6.07, 6.45) is 0.0483. The van der Waals surface area contributed by atoms with Crippen LogP contribution >= 0.6 is 0 Å². The molecule has 6 heteroatoms. The number of carboxylic acids is 1. The zero-order valence-electron chi connectivity index (χ0n) is 6.82. The standard InChI is InChI=1S/C7H10N2O4/c8-4(7(12)13)1-3-2-5(10)9-6(3)11/h3-4H,1-2,8H2,(H,12,13)(H,9,10,11)/t3-,4+/m0/s1. The number of aliphatic carboxylic acids is 1. The van der Waals surface area contributed by atoms with E-state index in [1.807, 2.05) is 0 Å². The van der Waals surface area contributed by atoms with Crippen LogP contribution < -0.4 is 11.1 Å². The van der Waals surface area contributed by atoms with Crippen LogP contribution in [0.25, 0.3) is 0 Å². The summed E-state index contributed by atoms with van der Waals surface area (Å²) in [4.78, 5) is 32.0. The summed E-state index contributed by atoms with van der Waals surface area (Å²) in [7, 11) is 0. The van der Waals surface area contributed by atoms with Crippen LogP contribution in [0.5, 0.6) is 0 Å². The van der Waals surface area contributed by atoms with Crippen molar-refractivity contribution < 1.29 is 19.5 Å². The topological polar surface area (TPSA) is 109 Å². The van der Waals surface area contributed by atoms with Gasteiger partial charge in [0.15, 0.2) is 0 Å². The Kier molecular flexibility index (Phi) is 2.62. The molecule has 0 spiro atoms. The van der Waals surface area contributed by atoms with Gasteiger partial charge in [0.25, 0.3) is 0 Å². The van der Waals surface area contributed by atoms with Crippen molar-refractivity contribution in [1.82, 2.24) is 5.32 Å². The first kappa shape index (κ1) is 9.66. The Hall–Kier alpha value is -1.43. The molecule has 72 valence electrons. The van der Waals surface area contributed by atoms with Crippen LogP contribution in [0.4, 0.5) is 0 Å². The molecule has 0 aromatic rings. The van der Waals surface area contributed by atoms with Gasteiger partial charge in [0.2, 0.25) is 11.8 Å². The molecule has 2 atom stereocenters. The summed E-state index contributed by atoms with van der Waals surface area (Å²) >= 11 is 0. The third-order valence-corrected chi connectivity index (χ3v) is 1.92. The molecule has 6 nitrogen and oxygen atoms in total. The maximum atomic E-state index is 11.0. The molecule has 1 saturated heterocycles. The number of nitrogens with one attached hydrogen (secondary N) is 1. The van der Waals surface area contributed by atoms with Gasteiger partial charge in [-0.2, -0.15) is 0 Å². The molecule has 4 N–H and O–H groups in total. The fourth-order valence-electron chi connectivity index (χ4n) is 1.20. The second-order valence-electron chi connectivity index (χ2n) is 2.99. The highest BCUT2D eigenvalue weighted by Crippen LogP contribution is 2.16. The number of amides is 2. The lowest BCUT2D eigenvalue weighted by Crippen LogP contribution is -2.34. The van der Waals surface area contributed by atoms with E-state index in [1.54, 1.807) is 0 Å². The Morgan fingerprint density at radius 3 is 2.69 bits per heavy atom. The SMILES string of the molecule is N[C@H](C[C@H]1CC(=O)NC1=O)C(=O)O. The number of rotatable bonds is 3. The normalized spacial score (nSPS) is 24.2. The Labute approximate surface area is 74.1 Å². The highest BCUT2D eigenvalue weighted by molar-refractivity contribution is 6.03. The van der Waals surface area contributed by atoms with E-state index >= 15 is 0 Å². The fraction of sp³-hybridized carbons (Fsp3) is 0.571. The van der Waals surface area contributed by atoms with Gasteiger partial charge in [-0.15, -0.1) is 0 Å². The first-order chi connectivity index (χ1) is 6.00. The maximum Gasteiger partial charge on any atom is 0.320 e. The number of carbonyl (C=O) groups is 3. The van der Waals surface area contributed by atoms with Crippen molar-refractivity contribution in [2.75, 3.05) is 0 Å². The van der Waals surface area contributed by atoms with Gasteiger partial charge < -0.3 is 10.8 Å². The summed E-state index contributed by atoms with van der Waals surface area (Å²) in [5.41, 5.74) is 5.21. The van der Waals surface area contributed by atoms with Crippen molar-refractivity contribution >= 4 is 17.8 Å². The lowest BCUT2D eigenvalue weighted by molar-refractivity contribution is -0.139. The summed E-state index contributed by atoms with van der Waals surface area (Å²) in [6.45, 7) is 0. The lowest BCUT2D eigenvalue weighted by Gasteiger charge is -2.08. The van der Waals surface area contributed by atoms with E-state index in [0.717, 1.165) is 0 Å². The van der Waals surface area contributed by atoms with Crippen LogP contribution in [-0.2, 0) is 14.4 Å². The summed E-state index contributed by atoms with van der Waals surface area (Å²) in [5.74, 6) is -2.54. The second kappa shape index (κ2) is 3.53. The zero-order chi connectivity index (χ0) is 10.0. The predicted octanol–water partition coefficient (Wildman–Crippen LogP) is -1.55. The second-order valence-corrected chi connectivity index (χ2v) is 2.99. The van der Waals surface area contributed by atoms with Gasteiger partial charge in [0.1, 0.15) is 6.04 Å². The molecule has 1 aliphatic heterocycles. The van der Waals surface area contributed by atoms with Crippen LogP contribution in [0.2, 0.25) is 0 Å². The molecule has 1 heterocycles. The van der Waals surface area contributed by atoms with Gasteiger partial charge in [-0.25, -0.2) is 0 Å². The van der Waals surface area contributed by atoms with Gasteiger partial charge in [-0.05, 0) is 6.42 Å². The molecule has 13 heavy (non-hydrogen) atoms. The first-order valence-electron chi connectivity index (χ1n) is 3.82. The molecule has 0 aromatic carbocycles. The number of nitrogens with two attached hydrogens (primary N) is 1. The summed E-state index contributed by atoms with van der Waals surface area (Å²) in [5, 5.41) is 10.5. The summed E-state index contributed by atoms with van der Waals surface area (Å²) < 4.78 is 0. The van der Waals surface area contributed by atoms with Gasteiger partial charge >= 0.3 is 5.97 Å². The first-order valence-corrected chi connectivity index (χ1v) is 3.82. The van der Waals surface area contributed by atoms with Crippen LogP contribution in [-0.4, -0.2) is 28.9 Å². The van der Waals surface area contributed by atoms with Crippen molar-refractivity contribution in [3.8, 4) is 0 Å². The molecule has 2 amide bonds. The molecule has 0 unspecified atom stereocenters. The molecular weight excluding hydrogens is 176 g/mol. The molecule has 1 aliphatic rings.